The minimum atomic E-state index is -4.92. The Labute approximate surface area is 82.7 Å². The van der Waals surface area contributed by atoms with Gasteiger partial charge in [-0.15, -0.1) is 0 Å². The molecule has 0 amide bonds. The molecule has 0 aliphatic carbocycles. The topological polar surface area (TPSA) is 86.2 Å². The fourth-order valence-corrected chi connectivity index (χ4v) is 0.706. The average molecular weight is 220 g/mol. The predicted octanol–water partition coefficient (Wildman–Crippen LogP) is -0.0994. The first-order chi connectivity index (χ1) is 6.36. The van der Waals surface area contributed by atoms with Crippen molar-refractivity contribution in [3.8, 4) is 0 Å². The summed E-state index contributed by atoms with van der Waals surface area (Å²) in [5.41, 5.74) is 0. The fourth-order valence-electron chi connectivity index (χ4n) is 0.706. The van der Waals surface area contributed by atoms with E-state index in [0.29, 0.717) is 0 Å². The molecular weight excluding hydrogens is 208 g/mol. The van der Waals surface area contributed by atoms with E-state index in [1.54, 1.807) is 6.20 Å². The lowest BCUT2D eigenvalue weighted by Gasteiger charge is -1.88. The predicted molar refractivity (Wildman–Crippen MR) is 49.0 cm³/mol. The monoisotopic (exact) mass is 220 g/mol. The van der Waals surface area contributed by atoms with Crippen LogP contribution in [0.2, 0.25) is 0 Å². The highest BCUT2D eigenvalue weighted by Gasteiger charge is 1.94. The highest BCUT2D eigenvalue weighted by Crippen LogP contribution is 1.81. The van der Waals surface area contributed by atoms with Gasteiger partial charge in [0.15, 0.2) is 0 Å². The van der Waals surface area contributed by atoms with E-state index in [4.69, 9.17) is 17.5 Å². The molecule has 0 unspecified atom stereocenters. The molecule has 6 nitrogen and oxygen atoms in total. The number of nitrogens with zero attached hydrogens (tertiary/aromatic N) is 2. The summed E-state index contributed by atoms with van der Waals surface area (Å²) in [4.78, 5) is 0. The maximum Gasteiger partial charge on any atom is 0.248 e. The number of aryl methyl sites for hydroxylation is 1. The van der Waals surface area contributed by atoms with Crippen LogP contribution in [0.25, 0.3) is 6.20 Å². The van der Waals surface area contributed by atoms with Crippen molar-refractivity contribution < 1.29 is 22.1 Å². The van der Waals surface area contributed by atoms with Gasteiger partial charge in [0.25, 0.3) is 0 Å². The second kappa shape index (κ2) is 5.53. The molecule has 0 aromatic carbocycles. The highest BCUT2D eigenvalue weighted by atomic mass is 32.3. The van der Waals surface area contributed by atoms with Crippen LogP contribution in [0.15, 0.2) is 25.3 Å². The van der Waals surface area contributed by atoms with Gasteiger partial charge in [0.1, 0.15) is 12.4 Å². The van der Waals surface area contributed by atoms with E-state index in [0.717, 1.165) is 6.54 Å². The Morgan fingerprint density at radius 2 is 2.21 bits per heavy atom. The number of hydrogen-bond acceptors (Lipinski definition) is 3. The van der Waals surface area contributed by atoms with Crippen molar-refractivity contribution in [2.75, 3.05) is 0 Å². The average Bonchev–Trinajstić information content (AvgIpc) is 2.48. The first kappa shape index (κ1) is 12.8. The van der Waals surface area contributed by atoms with Gasteiger partial charge in [-0.3, -0.25) is 4.55 Å². The van der Waals surface area contributed by atoms with Crippen LogP contribution in [0.4, 0.5) is 0 Å². The molecule has 14 heavy (non-hydrogen) atoms. The Morgan fingerprint density at radius 1 is 1.71 bits per heavy atom. The molecule has 1 aromatic rings. The van der Waals surface area contributed by atoms with Gasteiger partial charge in [-0.25, -0.2) is 17.6 Å². The van der Waals surface area contributed by atoms with E-state index in [-0.39, 0.29) is 0 Å². The maximum atomic E-state index is 8.63. The van der Waals surface area contributed by atoms with Gasteiger partial charge in [-0.1, -0.05) is 6.58 Å². The summed E-state index contributed by atoms with van der Waals surface area (Å²) in [6.45, 7) is 6.75. The molecule has 7 heteroatoms. The van der Waals surface area contributed by atoms with Crippen LogP contribution in [-0.4, -0.2) is 22.1 Å². The first-order valence-corrected chi connectivity index (χ1v) is 5.10. The normalized spacial score (nSPS) is 10.2. The Hall–Kier alpha value is -1.18. The third-order valence-corrected chi connectivity index (χ3v) is 1.29. The summed E-state index contributed by atoms with van der Waals surface area (Å²) in [6, 6.07) is 0. The summed E-state index contributed by atoms with van der Waals surface area (Å²) in [6.07, 6.45) is 7.75. The van der Waals surface area contributed by atoms with E-state index in [9.17, 15) is 0 Å². The lowest BCUT2D eigenvalue weighted by atomic mass is 10.7. The molecule has 1 rings (SSSR count). The van der Waals surface area contributed by atoms with Gasteiger partial charge in [0.2, 0.25) is 16.7 Å². The molecule has 0 fully saturated rings. The van der Waals surface area contributed by atoms with Crippen molar-refractivity contribution >= 4 is 16.6 Å². The van der Waals surface area contributed by atoms with Crippen LogP contribution in [0, 0.1) is 0 Å². The van der Waals surface area contributed by atoms with Crippen molar-refractivity contribution in [2.45, 2.75) is 13.5 Å². The highest BCUT2D eigenvalue weighted by molar-refractivity contribution is 7.79. The SMILES string of the molecule is C=Cn1cc[n+](CC)c1.O=S(=O)([O-])O. The van der Waals surface area contributed by atoms with E-state index >= 15 is 0 Å². The van der Waals surface area contributed by atoms with Gasteiger partial charge in [0, 0.05) is 0 Å². The summed E-state index contributed by atoms with van der Waals surface area (Å²) in [7, 11) is -4.92. The number of hydrogen-bond donors (Lipinski definition) is 1. The number of rotatable bonds is 2. The Balaban J connectivity index is 0.000000292. The molecule has 80 valence electrons. The molecule has 0 bridgehead atoms. The molecule has 0 aliphatic heterocycles. The maximum absolute atomic E-state index is 8.63. The van der Waals surface area contributed by atoms with Crippen molar-refractivity contribution in [3.63, 3.8) is 0 Å². The molecule has 0 spiro atoms. The summed E-state index contributed by atoms with van der Waals surface area (Å²) in [5.74, 6) is 0. The lowest BCUT2D eigenvalue weighted by molar-refractivity contribution is -0.692. The Kier molecular flexibility index (Phi) is 5.06. The van der Waals surface area contributed by atoms with Crippen molar-refractivity contribution in [1.82, 2.24) is 4.57 Å². The fraction of sp³-hybridized carbons (Fsp3) is 0.286. The van der Waals surface area contributed by atoms with Crippen LogP contribution in [-0.2, 0) is 16.9 Å². The molecule has 1 N–H and O–H groups in total. The largest absolute Gasteiger partial charge is 0.726 e. The molecule has 1 aromatic heterocycles. The minimum absolute atomic E-state index is 1.01. The minimum Gasteiger partial charge on any atom is -0.726 e. The van der Waals surface area contributed by atoms with Crippen LogP contribution in [0.5, 0.6) is 0 Å². The van der Waals surface area contributed by atoms with E-state index in [1.165, 1.54) is 0 Å². The van der Waals surface area contributed by atoms with Crippen molar-refractivity contribution in [2.24, 2.45) is 0 Å². The smallest absolute Gasteiger partial charge is 0.248 e. The lowest BCUT2D eigenvalue weighted by Crippen LogP contribution is -2.28. The summed E-state index contributed by atoms with van der Waals surface area (Å²) < 4.78 is 36.8. The van der Waals surface area contributed by atoms with E-state index in [1.807, 2.05) is 23.3 Å². The van der Waals surface area contributed by atoms with Crippen LogP contribution >= 0.6 is 0 Å². The summed E-state index contributed by atoms with van der Waals surface area (Å²) in [5, 5.41) is 0. The summed E-state index contributed by atoms with van der Waals surface area (Å²) >= 11 is 0. The second-order valence-corrected chi connectivity index (χ2v) is 3.16. The molecule has 1 heterocycles. The van der Waals surface area contributed by atoms with Gasteiger partial charge in [-0.2, -0.15) is 0 Å². The molecule has 0 aliphatic rings. The standard InChI is InChI=1S/C7H11N2.H2O4S/c1-3-8-5-6-9(4-2)7-8;1-5(2,3)4/h3,5-7H,1,4H2,2H3;(H2,1,2,3,4)/q+1;/p-1. The Morgan fingerprint density at radius 3 is 2.43 bits per heavy atom. The van der Waals surface area contributed by atoms with E-state index in [2.05, 4.69) is 18.1 Å². The van der Waals surface area contributed by atoms with Crippen molar-refractivity contribution in [3.05, 3.63) is 25.3 Å². The van der Waals surface area contributed by atoms with Crippen LogP contribution in [0.1, 0.15) is 6.92 Å². The Bertz CT molecular complexity index is 374. The van der Waals surface area contributed by atoms with Crippen LogP contribution in [0.3, 0.4) is 0 Å². The van der Waals surface area contributed by atoms with Crippen molar-refractivity contribution in [1.29, 1.82) is 0 Å². The third-order valence-electron chi connectivity index (χ3n) is 1.29. The van der Waals surface area contributed by atoms with Gasteiger partial charge >= 0.3 is 0 Å². The third kappa shape index (κ3) is 7.47. The number of aromatic nitrogens is 2. The zero-order valence-corrected chi connectivity index (χ0v) is 8.51. The zero-order valence-electron chi connectivity index (χ0n) is 7.70. The van der Waals surface area contributed by atoms with Gasteiger partial charge < -0.3 is 4.55 Å². The van der Waals surface area contributed by atoms with E-state index < -0.39 is 10.4 Å². The van der Waals surface area contributed by atoms with Gasteiger partial charge in [-0.05, 0) is 6.92 Å². The molecular formula is C7H12N2O4S. The quantitative estimate of drug-likeness (QED) is 0.428. The molecule has 0 saturated heterocycles. The van der Waals surface area contributed by atoms with Gasteiger partial charge in [0.05, 0.1) is 12.7 Å². The molecule has 0 radical (unpaired) electrons. The molecule has 0 atom stereocenters. The molecule has 0 saturated carbocycles. The second-order valence-electron chi connectivity index (χ2n) is 2.30. The zero-order chi connectivity index (χ0) is 11.2. The number of imidazole rings is 1. The first-order valence-electron chi connectivity index (χ1n) is 3.74. The van der Waals surface area contributed by atoms with Crippen LogP contribution < -0.4 is 4.57 Å².